The van der Waals surface area contributed by atoms with Crippen LogP contribution in [0.2, 0.25) is 10.4 Å². The zero-order valence-electron chi connectivity index (χ0n) is 16.4. The molecule has 0 saturated heterocycles. The monoisotopic (exact) mass is 502 g/mol. The van der Waals surface area contributed by atoms with Crippen LogP contribution in [0, 0.1) is 0 Å². The quantitative estimate of drug-likeness (QED) is 0.293. The maximum atomic E-state index is 12.6. The minimum atomic E-state index is -4.51. The van der Waals surface area contributed by atoms with E-state index in [1.165, 1.54) is 0 Å². The van der Waals surface area contributed by atoms with Crippen molar-refractivity contribution in [3.05, 3.63) is 34.0 Å². The van der Waals surface area contributed by atoms with Crippen molar-refractivity contribution in [2.75, 3.05) is 10.6 Å². The molecule has 0 radical (unpaired) electrons. The van der Waals surface area contributed by atoms with Crippen molar-refractivity contribution in [3.8, 4) is 0 Å². The second-order valence-electron chi connectivity index (χ2n) is 7.34. The van der Waals surface area contributed by atoms with Gasteiger partial charge in [0.05, 0.1) is 0 Å². The van der Waals surface area contributed by atoms with Crippen LogP contribution in [0.15, 0.2) is 12.4 Å². The summed E-state index contributed by atoms with van der Waals surface area (Å²) < 4.78 is 74.8. The zero-order chi connectivity index (χ0) is 23.5. The van der Waals surface area contributed by atoms with E-state index in [-0.39, 0.29) is 29.1 Å². The van der Waals surface area contributed by atoms with Gasteiger partial charge in [-0.15, -0.1) is 0 Å². The predicted molar refractivity (Wildman–Crippen MR) is 107 cm³/mol. The highest BCUT2D eigenvalue weighted by Gasteiger charge is 2.36. The first-order valence-electron chi connectivity index (χ1n) is 9.66. The molecular weight excluding hydrogens is 485 g/mol. The molecule has 6 nitrogen and oxygen atoms in total. The van der Waals surface area contributed by atoms with Crippen molar-refractivity contribution < 1.29 is 26.3 Å². The average molecular weight is 503 g/mol. The maximum Gasteiger partial charge on any atom is 0.421 e. The first-order valence-corrected chi connectivity index (χ1v) is 10.4. The Morgan fingerprint density at radius 1 is 0.750 bits per heavy atom. The minimum absolute atomic E-state index is 0.0621. The predicted octanol–water partition coefficient (Wildman–Crippen LogP) is 6.23. The SMILES string of the molecule is FC(F)(F)c1cnc(Cl)nc1NC1CCC1.FC(F)(F)c1cnc(NC2CCC2)nc1Cl. The minimum Gasteiger partial charge on any atom is -0.367 e. The van der Waals surface area contributed by atoms with Gasteiger partial charge < -0.3 is 10.6 Å². The highest BCUT2D eigenvalue weighted by Crippen LogP contribution is 2.36. The Morgan fingerprint density at radius 3 is 1.75 bits per heavy atom. The molecule has 2 N–H and O–H groups in total. The number of aromatic nitrogens is 4. The van der Waals surface area contributed by atoms with Gasteiger partial charge in [-0.2, -0.15) is 26.3 Å². The Labute approximate surface area is 189 Å². The summed E-state index contributed by atoms with van der Waals surface area (Å²) in [6.45, 7) is 0. The summed E-state index contributed by atoms with van der Waals surface area (Å²) in [5.74, 6) is -0.0695. The van der Waals surface area contributed by atoms with Crippen molar-refractivity contribution in [1.82, 2.24) is 19.9 Å². The molecule has 0 aliphatic heterocycles. The molecule has 0 atom stereocenters. The molecule has 2 aromatic heterocycles. The largest absolute Gasteiger partial charge is 0.421 e. The summed E-state index contributed by atoms with van der Waals surface area (Å²) >= 11 is 10.9. The van der Waals surface area contributed by atoms with Crippen LogP contribution in [0.3, 0.4) is 0 Å². The Kier molecular flexibility index (Phi) is 7.53. The molecule has 0 amide bonds. The number of nitrogens with one attached hydrogen (secondary N) is 2. The molecule has 4 rings (SSSR count). The molecule has 0 bridgehead atoms. The van der Waals surface area contributed by atoms with Crippen molar-refractivity contribution in [2.24, 2.45) is 0 Å². The van der Waals surface area contributed by atoms with Crippen LogP contribution in [0.1, 0.15) is 49.7 Å². The summed E-state index contributed by atoms with van der Waals surface area (Å²) in [5, 5.41) is 4.91. The van der Waals surface area contributed by atoms with E-state index in [4.69, 9.17) is 23.2 Å². The Balaban J connectivity index is 0.000000181. The summed E-state index contributed by atoms with van der Waals surface area (Å²) in [4.78, 5) is 14.1. The Bertz CT molecular complexity index is 931. The van der Waals surface area contributed by atoms with Gasteiger partial charge in [0.25, 0.3) is 0 Å². The first-order chi connectivity index (χ1) is 14.9. The van der Waals surface area contributed by atoms with Gasteiger partial charge in [-0.3, -0.25) is 0 Å². The van der Waals surface area contributed by atoms with Gasteiger partial charge in [-0.1, -0.05) is 11.6 Å². The molecule has 2 heterocycles. The number of rotatable bonds is 4. The molecule has 2 fully saturated rings. The van der Waals surface area contributed by atoms with Gasteiger partial charge in [0, 0.05) is 24.5 Å². The molecular formula is C18H18Cl2F6N6. The van der Waals surface area contributed by atoms with Crippen LogP contribution in [0.5, 0.6) is 0 Å². The fourth-order valence-corrected chi connectivity index (χ4v) is 3.15. The molecule has 2 aliphatic carbocycles. The van der Waals surface area contributed by atoms with Crippen molar-refractivity contribution >= 4 is 35.0 Å². The Hall–Kier alpha value is -2.08. The molecule has 2 aromatic rings. The summed E-state index contributed by atoms with van der Waals surface area (Å²) in [7, 11) is 0. The van der Waals surface area contributed by atoms with Gasteiger partial charge in [-0.25, -0.2) is 19.9 Å². The van der Waals surface area contributed by atoms with E-state index in [0.717, 1.165) is 38.5 Å². The first kappa shape index (κ1) is 24.6. The van der Waals surface area contributed by atoms with Gasteiger partial charge in [0.15, 0.2) is 0 Å². The lowest BCUT2D eigenvalue weighted by molar-refractivity contribution is -0.138. The highest BCUT2D eigenvalue weighted by atomic mass is 35.5. The van der Waals surface area contributed by atoms with Crippen LogP contribution in [0.4, 0.5) is 38.1 Å². The van der Waals surface area contributed by atoms with E-state index in [0.29, 0.717) is 12.4 Å². The number of hydrogen-bond donors (Lipinski definition) is 2. The second kappa shape index (κ2) is 9.82. The maximum absolute atomic E-state index is 12.6. The van der Waals surface area contributed by atoms with E-state index in [1.807, 2.05) is 0 Å². The van der Waals surface area contributed by atoms with Gasteiger partial charge in [0.2, 0.25) is 11.2 Å². The summed E-state index contributed by atoms with van der Waals surface area (Å²) in [5.41, 5.74) is -1.88. The molecule has 14 heteroatoms. The van der Waals surface area contributed by atoms with Gasteiger partial charge in [-0.05, 0) is 50.1 Å². The number of alkyl halides is 6. The summed E-state index contributed by atoms with van der Waals surface area (Å²) in [6, 6.07) is 0.319. The number of nitrogens with zero attached hydrogens (tertiary/aromatic N) is 4. The lowest BCUT2D eigenvalue weighted by Crippen LogP contribution is -2.29. The van der Waals surface area contributed by atoms with Crippen molar-refractivity contribution in [1.29, 1.82) is 0 Å². The van der Waals surface area contributed by atoms with Crippen LogP contribution < -0.4 is 10.6 Å². The molecule has 0 spiro atoms. The lowest BCUT2D eigenvalue weighted by Gasteiger charge is -2.28. The van der Waals surface area contributed by atoms with Crippen molar-refractivity contribution in [3.63, 3.8) is 0 Å². The normalized spacial score (nSPS) is 17.0. The molecule has 0 aromatic carbocycles. The van der Waals surface area contributed by atoms with Crippen LogP contribution >= 0.6 is 23.2 Å². The third-order valence-corrected chi connectivity index (χ3v) is 5.47. The zero-order valence-corrected chi connectivity index (χ0v) is 17.9. The highest BCUT2D eigenvalue weighted by molar-refractivity contribution is 6.30. The fraction of sp³-hybridized carbons (Fsp3) is 0.556. The Morgan fingerprint density at radius 2 is 1.28 bits per heavy atom. The second-order valence-corrected chi connectivity index (χ2v) is 8.04. The van der Waals surface area contributed by atoms with E-state index >= 15 is 0 Å². The average Bonchev–Trinajstić information content (AvgIpc) is 2.60. The standard InChI is InChI=1S/2C9H9ClF3N3/c10-8-14-4-6(9(11,12)13)7(16-8)15-5-2-1-3-5;10-7-6(9(11,12)13)4-14-8(16-7)15-5-2-1-3-5/h2*4-5H,1-3H2,(H,14,15,16). The van der Waals surface area contributed by atoms with Crippen molar-refractivity contribution in [2.45, 2.75) is 63.0 Å². The van der Waals surface area contributed by atoms with Gasteiger partial charge >= 0.3 is 12.4 Å². The van der Waals surface area contributed by atoms with Crippen LogP contribution in [0.25, 0.3) is 0 Å². The van der Waals surface area contributed by atoms with E-state index < -0.39 is 28.6 Å². The summed E-state index contributed by atoms with van der Waals surface area (Å²) in [6.07, 6.45) is -1.72. The molecule has 2 saturated carbocycles. The van der Waals surface area contributed by atoms with E-state index in [1.54, 1.807) is 0 Å². The van der Waals surface area contributed by atoms with E-state index in [9.17, 15) is 26.3 Å². The van der Waals surface area contributed by atoms with Crippen LogP contribution in [-0.2, 0) is 12.4 Å². The number of hydrogen-bond acceptors (Lipinski definition) is 6. The van der Waals surface area contributed by atoms with Crippen LogP contribution in [-0.4, -0.2) is 32.0 Å². The smallest absolute Gasteiger partial charge is 0.367 e. The molecule has 176 valence electrons. The lowest BCUT2D eigenvalue weighted by atomic mass is 9.93. The third kappa shape index (κ3) is 6.47. The molecule has 0 unspecified atom stereocenters. The third-order valence-electron chi connectivity index (χ3n) is 5.00. The molecule has 32 heavy (non-hydrogen) atoms. The van der Waals surface area contributed by atoms with E-state index in [2.05, 4.69) is 30.6 Å². The van der Waals surface area contributed by atoms with Gasteiger partial charge in [0.1, 0.15) is 22.1 Å². The fourth-order valence-electron chi connectivity index (χ4n) is 2.78. The molecule has 2 aliphatic rings. The topological polar surface area (TPSA) is 75.6 Å². The number of halogens is 8. The number of anilines is 2.